The second-order valence-corrected chi connectivity index (χ2v) is 5.01. The smallest absolute Gasteiger partial charge is 0.115 e. The van der Waals surface area contributed by atoms with Crippen LogP contribution in [0.3, 0.4) is 0 Å². The summed E-state index contributed by atoms with van der Waals surface area (Å²) in [5, 5.41) is 15.0. The summed E-state index contributed by atoms with van der Waals surface area (Å²) in [7, 11) is 0. The van der Waals surface area contributed by atoms with Gasteiger partial charge in [0.25, 0.3) is 0 Å². The van der Waals surface area contributed by atoms with Crippen molar-refractivity contribution in [1.82, 2.24) is 5.32 Å². The summed E-state index contributed by atoms with van der Waals surface area (Å²) < 4.78 is 0. The molecule has 0 amide bonds. The third-order valence-corrected chi connectivity index (χ3v) is 3.74. The number of hydrogen-bond donors (Lipinski definition) is 2. The van der Waals surface area contributed by atoms with Crippen molar-refractivity contribution < 1.29 is 5.11 Å². The molecule has 17 heavy (non-hydrogen) atoms. The lowest BCUT2D eigenvalue weighted by molar-refractivity contribution is 0.472. The van der Waals surface area contributed by atoms with Crippen LogP contribution in [0.25, 0.3) is 0 Å². The molecule has 0 fully saturated rings. The summed E-state index contributed by atoms with van der Waals surface area (Å²) in [6, 6.07) is 12.0. The number of hydrogen-bond acceptors (Lipinski definition) is 3. The molecule has 1 aromatic heterocycles. The van der Waals surface area contributed by atoms with E-state index in [1.54, 1.807) is 23.5 Å². The first-order chi connectivity index (χ1) is 8.29. The Bertz CT molecular complexity index is 453. The Morgan fingerprint density at radius 2 is 2.18 bits per heavy atom. The van der Waals surface area contributed by atoms with Crippen molar-refractivity contribution in [3.8, 4) is 5.75 Å². The largest absolute Gasteiger partial charge is 0.508 e. The maximum absolute atomic E-state index is 9.39. The van der Waals surface area contributed by atoms with Crippen molar-refractivity contribution in [2.24, 2.45) is 0 Å². The Morgan fingerprint density at radius 1 is 1.29 bits per heavy atom. The molecule has 0 bridgehead atoms. The fourth-order valence-electron chi connectivity index (χ4n) is 1.84. The fraction of sp³-hybridized carbons (Fsp3) is 0.286. The Morgan fingerprint density at radius 3 is 2.82 bits per heavy atom. The number of rotatable bonds is 5. The van der Waals surface area contributed by atoms with Gasteiger partial charge in [0.1, 0.15) is 5.75 Å². The van der Waals surface area contributed by atoms with Gasteiger partial charge in [-0.25, -0.2) is 0 Å². The van der Waals surface area contributed by atoms with Gasteiger partial charge < -0.3 is 10.4 Å². The van der Waals surface area contributed by atoms with Crippen LogP contribution in [0.5, 0.6) is 5.75 Å². The van der Waals surface area contributed by atoms with Crippen LogP contribution in [0.15, 0.2) is 41.8 Å². The van der Waals surface area contributed by atoms with Crippen LogP contribution in [0.1, 0.15) is 29.8 Å². The lowest BCUT2D eigenvalue weighted by atomic mass is 10.1. The molecule has 0 radical (unpaired) electrons. The molecule has 0 aliphatic carbocycles. The standard InChI is InChI=1S/C14H17NOS/c1-2-13(14-7-4-8-17-14)15-10-11-5-3-6-12(16)9-11/h3-9,13,15-16H,2,10H2,1H3. The van der Waals surface area contributed by atoms with E-state index in [0.717, 1.165) is 18.5 Å². The van der Waals surface area contributed by atoms with Gasteiger partial charge in [-0.3, -0.25) is 0 Å². The Balaban J connectivity index is 1.97. The fourth-order valence-corrected chi connectivity index (χ4v) is 2.73. The van der Waals surface area contributed by atoms with E-state index in [0.29, 0.717) is 11.8 Å². The molecular weight excluding hydrogens is 230 g/mol. The maximum atomic E-state index is 9.39. The van der Waals surface area contributed by atoms with Gasteiger partial charge in [-0.05, 0) is 35.6 Å². The first kappa shape index (κ1) is 12.1. The van der Waals surface area contributed by atoms with E-state index in [1.165, 1.54) is 4.88 Å². The predicted molar refractivity (Wildman–Crippen MR) is 72.3 cm³/mol. The highest BCUT2D eigenvalue weighted by Crippen LogP contribution is 2.22. The van der Waals surface area contributed by atoms with E-state index in [4.69, 9.17) is 0 Å². The van der Waals surface area contributed by atoms with Gasteiger partial charge in [0, 0.05) is 17.5 Å². The zero-order valence-electron chi connectivity index (χ0n) is 9.89. The van der Waals surface area contributed by atoms with E-state index in [9.17, 15) is 5.11 Å². The number of aromatic hydroxyl groups is 1. The lowest BCUT2D eigenvalue weighted by Gasteiger charge is -2.15. The number of phenols is 1. The summed E-state index contributed by atoms with van der Waals surface area (Å²) in [5.41, 5.74) is 1.11. The topological polar surface area (TPSA) is 32.3 Å². The molecule has 90 valence electrons. The van der Waals surface area contributed by atoms with Crippen LogP contribution >= 0.6 is 11.3 Å². The lowest BCUT2D eigenvalue weighted by Crippen LogP contribution is -2.19. The van der Waals surface area contributed by atoms with E-state index < -0.39 is 0 Å². The highest BCUT2D eigenvalue weighted by Gasteiger charge is 2.09. The summed E-state index contributed by atoms with van der Waals surface area (Å²) in [5.74, 6) is 0.327. The minimum absolute atomic E-state index is 0.327. The zero-order valence-corrected chi connectivity index (χ0v) is 10.7. The van der Waals surface area contributed by atoms with Crippen LogP contribution in [-0.2, 0) is 6.54 Å². The monoisotopic (exact) mass is 247 g/mol. The van der Waals surface area contributed by atoms with E-state index in [1.807, 2.05) is 12.1 Å². The minimum atomic E-state index is 0.327. The normalized spacial score (nSPS) is 12.5. The molecule has 0 saturated heterocycles. The van der Waals surface area contributed by atoms with Crippen LogP contribution in [0.4, 0.5) is 0 Å². The summed E-state index contributed by atoms with van der Waals surface area (Å²) in [6.45, 7) is 2.96. The third-order valence-electron chi connectivity index (χ3n) is 2.76. The van der Waals surface area contributed by atoms with Crippen LogP contribution in [0.2, 0.25) is 0 Å². The van der Waals surface area contributed by atoms with Crippen molar-refractivity contribution in [3.63, 3.8) is 0 Å². The Labute approximate surface area is 106 Å². The second-order valence-electron chi connectivity index (χ2n) is 4.03. The molecule has 1 unspecified atom stereocenters. The van der Waals surface area contributed by atoms with E-state index >= 15 is 0 Å². The average Bonchev–Trinajstić information content (AvgIpc) is 2.84. The van der Waals surface area contributed by atoms with Crippen molar-refractivity contribution in [2.45, 2.75) is 25.9 Å². The SMILES string of the molecule is CCC(NCc1cccc(O)c1)c1cccs1. The number of nitrogens with one attached hydrogen (secondary N) is 1. The Hall–Kier alpha value is -1.32. The average molecular weight is 247 g/mol. The first-order valence-corrected chi connectivity index (χ1v) is 6.72. The van der Waals surface area contributed by atoms with E-state index in [2.05, 4.69) is 29.8 Å². The van der Waals surface area contributed by atoms with Crippen molar-refractivity contribution in [2.75, 3.05) is 0 Å². The van der Waals surface area contributed by atoms with Crippen molar-refractivity contribution in [1.29, 1.82) is 0 Å². The first-order valence-electron chi connectivity index (χ1n) is 5.84. The molecule has 2 aromatic rings. The molecule has 0 spiro atoms. The van der Waals surface area contributed by atoms with Gasteiger partial charge in [0.2, 0.25) is 0 Å². The zero-order chi connectivity index (χ0) is 12.1. The highest BCUT2D eigenvalue weighted by atomic mass is 32.1. The van der Waals surface area contributed by atoms with Crippen LogP contribution in [0, 0.1) is 0 Å². The van der Waals surface area contributed by atoms with Gasteiger partial charge in [-0.2, -0.15) is 0 Å². The second kappa shape index (κ2) is 5.84. The molecule has 0 aliphatic rings. The molecule has 0 aliphatic heterocycles. The number of thiophene rings is 1. The van der Waals surface area contributed by atoms with Gasteiger partial charge in [0.05, 0.1) is 0 Å². The number of phenolic OH excluding ortho intramolecular Hbond substituents is 1. The summed E-state index contributed by atoms with van der Waals surface area (Å²) >= 11 is 1.78. The maximum Gasteiger partial charge on any atom is 0.115 e. The molecule has 0 saturated carbocycles. The molecular formula is C14H17NOS. The number of benzene rings is 1. The molecule has 2 rings (SSSR count). The Kier molecular flexibility index (Phi) is 4.18. The van der Waals surface area contributed by atoms with Crippen LogP contribution < -0.4 is 5.32 Å². The molecule has 1 heterocycles. The summed E-state index contributed by atoms with van der Waals surface area (Å²) in [4.78, 5) is 1.37. The molecule has 1 aromatic carbocycles. The molecule has 1 atom stereocenters. The predicted octanol–water partition coefficient (Wildman–Crippen LogP) is 3.69. The van der Waals surface area contributed by atoms with Gasteiger partial charge in [0.15, 0.2) is 0 Å². The molecule has 2 nitrogen and oxygen atoms in total. The van der Waals surface area contributed by atoms with Gasteiger partial charge in [-0.15, -0.1) is 11.3 Å². The minimum Gasteiger partial charge on any atom is -0.508 e. The quantitative estimate of drug-likeness (QED) is 0.844. The van der Waals surface area contributed by atoms with Gasteiger partial charge in [-0.1, -0.05) is 25.1 Å². The van der Waals surface area contributed by atoms with E-state index in [-0.39, 0.29) is 0 Å². The highest BCUT2D eigenvalue weighted by molar-refractivity contribution is 7.10. The van der Waals surface area contributed by atoms with Crippen molar-refractivity contribution >= 4 is 11.3 Å². The molecule has 2 N–H and O–H groups in total. The van der Waals surface area contributed by atoms with Gasteiger partial charge >= 0.3 is 0 Å². The van der Waals surface area contributed by atoms with Crippen molar-refractivity contribution in [3.05, 3.63) is 52.2 Å². The third kappa shape index (κ3) is 3.32. The summed E-state index contributed by atoms with van der Waals surface area (Å²) in [6.07, 6.45) is 1.07. The van der Waals surface area contributed by atoms with Crippen LogP contribution in [-0.4, -0.2) is 5.11 Å². The molecule has 3 heteroatoms.